The lowest BCUT2D eigenvalue weighted by Crippen LogP contribution is -2.45. The fraction of sp³-hybridized carbons (Fsp3) is 0.389. The number of sulfonamides is 1. The van der Waals surface area contributed by atoms with Crippen molar-refractivity contribution in [3.63, 3.8) is 0 Å². The number of ether oxygens (including phenoxy) is 1. The van der Waals surface area contributed by atoms with E-state index in [2.05, 4.69) is 24.9 Å². The van der Waals surface area contributed by atoms with Crippen molar-refractivity contribution < 1.29 is 17.9 Å². The molecule has 0 bridgehead atoms. The van der Waals surface area contributed by atoms with Crippen LogP contribution in [0.4, 0.5) is 17.3 Å². The number of pyridine rings is 2. The van der Waals surface area contributed by atoms with E-state index >= 15 is 0 Å². The summed E-state index contributed by atoms with van der Waals surface area (Å²) in [6.07, 6.45) is 4.21. The van der Waals surface area contributed by atoms with Crippen LogP contribution in [0, 0.1) is 0 Å². The van der Waals surface area contributed by atoms with Gasteiger partial charge in [-0.1, -0.05) is 0 Å². The number of nitrogens with zero attached hydrogens (tertiary/aromatic N) is 3. The molecule has 3 rings (SSSR count). The van der Waals surface area contributed by atoms with Gasteiger partial charge in [0.2, 0.25) is 10.0 Å². The number of carbonyl (C=O) groups is 1. The summed E-state index contributed by atoms with van der Waals surface area (Å²) < 4.78 is 30.4. The molecule has 2 aromatic rings. The van der Waals surface area contributed by atoms with Crippen LogP contribution < -0.4 is 14.9 Å². The smallest absolute Gasteiger partial charge is 0.257 e. The van der Waals surface area contributed by atoms with Gasteiger partial charge in [-0.15, -0.1) is 0 Å². The van der Waals surface area contributed by atoms with Crippen molar-refractivity contribution in [1.29, 1.82) is 0 Å². The van der Waals surface area contributed by atoms with Crippen molar-refractivity contribution in [1.82, 2.24) is 9.97 Å². The molecule has 1 amide bonds. The average molecular weight is 405 g/mol. The first kappa shape index (κ1) is 20.0. The third kappa shape index (κ3) is 5.40. The molecule has 28 heavy (non-hydrogen) atoms. The highest BCUT2D eigenvalue weighted by Crippen LogP contribution is 2.20. The molecule has 1 saturated heterocycles. The first-order chi connectivity index (χ1) is 13.2. The summed E-state index contributed by atoms with van der Waals surface area (Å²) in [5.74, 6) is 0.624. The predicted octanol–water partition coefficient (Wildman–Crippen LogP) is 1.71. The third-order valence-corrected chi connectivity index (χ3v) is 4.64. The monoisotopic (exact) mass is 405 g/mol. The maximum Gasteiger partial charge on any atom is 0.257 e. The fourth-order valence-corrected chi connectivity index (χ4v) is 3.49. The number of anilines is 3. The Bertz CT molecular complexity index is 921. The van der Waals surface area contributed by atoms with E-state index in [-0.39, 0.29) is 23.9 Å². The van der Waals surface area contributed by atoms with E-state index in [1.807, 2.05) is 19.9 Å². The molecule has 150 valence electrons. The highest BCUT2D eigenvalue weighted by Gasteiger charge is 2.23. The van der Waals surface area contributed by atoms with Crippen molar-refractivity contribution in [2.75, 3.05) is 34.3 Å². The molecule has 9 nitrogen and oxygen atoms in total. The van der Waals surface area contributed by atoms with Gasteiger partial charge in [-0.2, -0.15) is 0 Å². The molecule has 0 aliphatic carbocycles. The number of hydrogen-bond acceptors (Lipinski definition) is 7. The molecule has 3 heterocycles. The minimum Gasteiger partial charge on any atom is -0.372 e. The number of morpholine rings is 1. The van der Waals surface area contributed by atoms with Crippen LogP contribution in [-0.4, -0.2) is 55.8 Å². The first-order valence-electron chi connectivity index (χ1n) is 8.81. The summed E-state index contributed by atoms with van der Waals surface area (Å²) in [4.78, 5) is 22.9. The molecular formula is C18H23N5O4S. The van der Waals surface area contributed by atoms with Crippen LogP contribution in [0.25, 0.3) is 0 Å². The van der Waals surface area contributed by atoms with Crippen LogP contribution in [-0.2, 0) is 14.8 Å². The zero-order valence-corrected chi connectivity index (χ0v) is 16.7. The normalized spacial score (nSPS) is 19.9. The van der Waals surface area contributed by atoms with Crippen LogP contribution in [0.2, 0.25) is 0 Å². The topological polar surface area (TPSA) is 114 Å². The zero-order chi connectivity index (χ0) is 20.3. The molecule has 0 saturated carbocycles. The predicted molar refractivity (Wildman–Crippen MR) is 107 cm³/mol. The molecule has 2 atom stereocenters. The molecule has 2 unspecified atom stereocenters. The Morgan fingerprint density at radius 3 is 2.36 bits per heavy atom. The van der Waals surface area contributed by atoms with Gasteiger partial charge in [0.15, 0.2) is 0 Å². The molecule has 1 aliphatic rings. The molecule has 2 N–H and O–H groups in total. The number of aromatic nitrogens is 2. The third-order valence-electron chi connectivity index (χ3n) is 4.06. The second-order valence-corrected chi connectivity index (χ2v) is 8.58. The van der Waals surface area contributed by atoms with Gasteiger partial charge in [0.25, 0.3) is 5.91 Å². The summed E-state index contributed by atoms with van der Waals surface area (Å²) in [6, 6.07) is 6.57. The van der Waals surface area contributed by atoms with Crippen LogP contribution in [0.15, 0.2) is 36.7 Å². The summed E-state index contributed by atoms with van der Waals surface area (Å²) in [5.41, 5.74) is 0.861. The van der Waals surface area contributed by atoms with Gasteiger partial charge >= 0.3 is 0 Å². The van der Waals surface area contributed by atoms with E-state index < -0.39 is 10.0 Å². The van der Waals surface area contributed by atoms with Gasteiger partial charge in [-0.3, -0.25) is 9.52 Å². The molecule has 2 aromatic heterocycles. The largest absolute Gasteiger partial charge is 0.372 e. The Morgan fingerprint density at radius 2 is 1.82 bits per heavy atom. The minimum absolute atomic E-state index is 0.137. The van der Waals surface area contributed by atoms with Crippen molar-refractivity contribution in [2.45, 2.75) is 26.1 Å². The maximum atomic E-state index is 12.3. The Balaban J connectivity index is 1.63. The van der Waals surface area contributed by atoms with Crippen molar-refractivity contribution in [3.05, 3.63) is 42.2 Å². The Kier molecular flexibility index (Phi) is 5.80. The lowest BCUT2D eigenvalue weighted by Gasteiger charge is -2.36. The van der Waals surface area contributed by atoms with E-state index in [4.69, 9.17) is 4.74 Å². The van der Waals surface area contributed by atoms with E-state index in [0.717, 1.165) is 25.2 Å². The molecule has 1 aliphatic heterocycles. The SMILES string of the molecule is CC1CN(c2ccc(NC(=O)c3ccc(NS(C)(=O)=O)nc3)cn2)CC(C)O1. The van der Waals surface area contributed by atoms with Crippen molar-refractivity contribution >= 4 is 33.3 Å². The maximum absolute atomic E-state index is 12.3. The van der Waals surface area contributed by atoms with E-state index in [9.17, 15) is 13.2 Å². The lowest BCUT2D eigenvalue weighted by molar-refractivity contribution is -0.00545. The minimum atomic E-state index is -3.41. The summed E-state index contributed by atoms with van der Waals surface area (Å²) in [7, 11) is -3.41. The van der Waals surface area contributed by atoms with Gasteiger partial charge in [-0.05, 0) is 38.1 Å². The van der Waals surface area contributed by atoms with Crippen molar-refractivity contribution in [3.8, 4) is 0 Å². The summed E-state index contributed by atoms with van der Waals surface area (Å²) >= 11 is 0. The van der Waals surface area contributed by atoms with E-state index in [1.54, 1.807) is 12.3 Å². The first-order valence-corrected chi connectivity index (χ1v) is 10.7. The van der Waals surface area contributed by atoms with E-state index in [0.29, 0.717) is 11.3 Å². The standard InChI is InChI=1S/C18H23N5O4S/c1-12-10-23(11-13(2)27-12)17-7-5-15(9-20-17)21-18(24)14-4-6-16(19-8-14)22-28(3,25)26/h4-9,12-13H,10-11H2,1-3H3,(H,19,22)(H,21,24). The number of carbonyl (C=O) groups excluding carboxylic acids is 1. The fourth-order valence-electron chi connectivity index (χ4n) is 2.99. The highest BCUT2D eigenvalue weighted by molar-refractivity contribution is 7.92. The average Bonchev–Trinajstić information content (AvgIpc) is 2.60. The number of rotatable bonds is 5. The molecule has 1 fully saturated rings. The van der Waals surface area contributed by atoms with Crippen LogP contribution in [0.3, 0.4) is 0 Å². The second-order valence-electron chi connectivity index (χ2n) is 6.83. The second kappa shape index (κ2) is 8.11. The van der Waals surface area contributed by atoms with Gasteiger partial charge in [0.1, 0.15) is 11.6 Å². The molecule has 0 aromatic carbocycles. The van der Waals surface area contributed by atoms with E-state index in [1.165, 1.54) is 18.3 Å². The highest BCUT2D eigenvalue weighted by atomic mass is 32.2. The lowest BCUT2D eigenvalue weighted by atomic mass is 10.2. The van der Waals surface area contributed by atoms with Crippen molar-refractivity contribution in [2.24, 2.45) is 0 Å². The zero-order valence-electron chi connectivity index (χ0n) is 15.9. The van der Waals surface area contributed by atoms with Gasteiger partial charge in [0.05, 0.1) is 35.9 Å². The Morgan fingerprint density at radius 1 is 1.11 bits per heavy atom. The molecule has 0 spiro atoms. The summed E-state index contributed by atoms with van der Waals surface area (Å²) in [5, 5.41) is 2.75. The number of amides is 1. The van der Waals surface area contributed by atoms with Gasteiger partial charge in [-0.25, -0.2) is 18.4 Å². The quantitative estimate of drug-likeness (QED) is 0.778. The van der Waals surface area contributed by atoms with Crippen LogP contribution >= 0.6 is 0 Å². The Labute approximate surface area is 164 Å². The van der Waals surface area contributed by atoms with Gasteiger partial charge < -0.3 is 15.0 Å². The van der Waals surface area contributed by atoms with Crippen LogP contribution in [0.1, 0.15) is 24.2 Å². The molecule has 0 radical (unpaired) electrons. The molecule has 10 heteroatoms. The van der Waals surface area contributed by atoms with Gasteiger partial charge in [0, 0.05) is 19.3 Å². The number of hydrogen-bond donors (Lipinski definition) is 2. The van der Waals surface area contributed by atoms with Crippen LogP contribution in [0.5, 0.6) is 0 Å². The Hall–Kier alpha value is -2.72. The number of nitrogens with one attached hydrogen (secondary N) is 2. The summed E-state index contributed by atoms with van der Waals surface area (Å²) in [6.45, 7) is 5.59. The molecular weight excluding hydrogens is 382 g/mol.